The number of carbonyl (C=O) groups is 1. The number of benzene rings is 2. The van der Waals surface area contributed by atoms with Crippen LogP contribution in [-0.4, -0.2) is 25.5 Å². The summed E-state index contributed by atoms with van der Waals surface area (Å²) in [5.41, 5.74) is 5.90. The fourth-order valence-corrected chi connectivity index (χ4v) is 2.91. The van der Waals surface area contributed by atoms with Crippen molar-refractivity contribution in [3.8, 4) is 0 Å². The minimum absolute atomic E-state index is 0.0439. The SMILES string of the molecule is CC(Nc1ccc(C(N)=O)cc1[N+](=O)[O-])c1ccc(S(C)(=O)=O)cc1. The van der Waals surface area contributed by atoms with Gasteiger partial charge >= 0.3 is 0 Å². The first-order valence-electron chi connectivity index (χ1n) is 7.24. The van der Waals surface area contributed by atoms with Gasteiger partial charge in [-0.15, -0.1) is 0 Å². The van der Waals surface area contributed by atoms with E-state index in [1.54, 1.807) is 19.1 Å². The number of rotatable bonds is 6. The zero-order chi connectivity index (χ0) is 18.8. The monoisotopic (exact) mass is 363 g/mol. The van der Waals surface area contributed by atoms with Crippen LogP contribution in [0.25, 0.3) is 0 Å². The molecule has 0 radical (unpaired) electrons. The van der Waals surface area contributed by atoms with Gasteiger partial charge in [0.15, 0.2) is 9.84 Å². The third kappa shape index (κ3) is 4.32. The Morgan fingerprint density at radius 2 is 1.80 bits per heavy atom. The zero-order valence-electron chi connectivity index (χ0n) is 13.6. The number of hydrogen-bond acceptors (Lipinski definition) is 6. The van der Waals surface area contributed by atoms with Crippen molar-refractivity contribution in [2.45, 2.75) is 17.9 Å². The number of amides is 1. The van der Waals surface area contributed by atoms with E-state index in [2.05, 4.69) is 5.32 Å². The lowest BCUT2D eigenvalue weighted by molar-refractivity contribution is -0.384. The lowest BCUT2D eigenvalue weighted by Crippen LogP contribution is -2.13. The van der Waals surface area contributed by atoms with Crippen LogP contribution in [0.1, 0.15) is 28.9 Å². The Balaban J connectivity index is 2.29. The molecule has 0 aromatic heterocycles. The van der Waals surface area contributed by atoms with E-state index >= 15 is 0 Å². The quantitative estimate of drug-likeness (QED) is 0.597. The van der Waals surface area contributed by atoms with Crippen molar-refractivity contribution >= 4 is 27.1 Å². The first-order chi connectivity index (χ1) is 11.6. The number of nitrogens with one attached hydrogen (secondary N) is 1. The minimum Gasteiger partial charge on any atom is -0.373 e. The van der Waals surface area contributed by atoms with Crippen LogP contribution in [0, 0.1) is 10.1 Å². The molecule has 2 rings (SSSR count). The Kier molecular flexibility index (Phi) is 5.07. The van der Waals surface area contributed by atoms with Gasteiger partial charge in [-0.2, -0.15) is 0 Å². The second-order valence-corrected chi connectivity index (χ2v) is 7.58. The van der Waals surface area contributed by atoms with Gasteiger partial charge in [-0.05, 0) is 36.8 Å². The van der Waals surface area contributed by atoms with E-state index in [9.17, 15) is 23.3 Å². The first kappa shape index (κ1) is 18.4. The summed E-state index contributed by atoms with van der Waals surface area (Å²) in [6.45, 7) is 1.78. The predicted molar refractivity (Wildman–Crippen MR) is 93.2 cm³/mol. The molecule has 1 atom stereocenters. The molecule has 1 amide bonds. The van der Waals surface area contributed by atoms with E-state index in [1.165, 1.54) is 24.3 Å². The summed E-state index contributed by atoms with van der Waals surface area (Å²) in [6, 6.07) is 9.84. The molecule has 25 heavy (non-hydrogen) atoms. The third-order valence-corrected chi connectivity index (χ3v) is 4.79. The molecule has 0 fully saturated rings. The molecule has 0 aliphatic carbocycles. The highest BCUT2D eigenvalue weighted by atomic mass is 32.2. The van der Waals surface area contributed by atoms with E-state index in [4.69, 9.17) is 5.73 Å². The third-order valence-electron chi connectivity index (χ3n) is 3.66. The van der Waals surface area contributed by atoms with Crippen LogP contribution in [0.5, 0.6) is 0 Å². The highest BCUT2D eigenvalue weighted by Gasteiger charge is 2.18. The average Bonchev–Trinajstić information content (AvgIpc) is 2.54. The molecule has 0 spiro atoms. The van der Waals surface area contributed by atoms with Gasteiger partial charge < -0.3 is 11.1 Å². The van der Waals surface area contributed by atoms with Crippen molar-refractivity contribution in [3.05, 3.63) is 63.7 Å². The predicted octanol–water partition coefficient (Wildman–Crippen LogP) is 2.27. The number of carbonyl (C=O) groups excluding carboxylic acids is 1. The lowest BCUT2D eigenvalue weighted by atomic mass is 10.1. The average molecular weight is 363 g/mol. The first-order valence-corrected chi connectivity index (χ1v) is 9.13. The van der Waals surface area contributed by atoms with Gasteiger partial charge in [0, 0.05) is 23.9 Å². The molecule has 3 N–H and O–H groups in total. The Morgan fingerprint density at radius 3 is 2.28 bits per heavy atom. The summed E-state index contributed by atoms with van der Waals surface area (Å²) in [6.07, 6.45) is 1.12. The molecule has 2 aromatic rings. The van der Waals surface area contributed by atoms with Gasteiger partial charge in [-0.25, -0.2) is 8.42 Å². The largest absolute Gasteiger partial charge is 0.373 e. The Morgan fingerprint density at radius 1 is 1.20 bits per heavy atom. The summed E-state index contributed by atoms with van der Waals surface area (Å²) < 4.78 is 23.0. The van der Waals surface area contributed by atoms with Gasteiger partial charge in [-0.1, -0.05) is 12.1 Å². The molecular formula is C16H17N3O5S. The molecule has 0 aliphatic heterocycles. The van der Waals surface area contributed by atoms with Crippen LogP contribution < -0.4 is 11.1 Å². The fourth-order valence-electron chi connectivity index (χ4n) is 2.28. The summed E-state index contributed by atoms with van der Waals surface area (Å²) in [5, 5.41) is 14.2. The van der Waals surface area contributed by atoms with Crippen molar-refractivity contribution in [2.24, 2.45) is 5.73 Å². The van der Waals surface area contributed by atoms with Crippen molar-refractivity contribution in [3.63, 3.8) is 0 Å². The number of primary amides is 1. The molecule has 132 valence electrons. The number of nitro groups is 1. The van der Waals surface area contributed by atoms with Gasteiger partial charge in [0.25, 0.3) is 5.69 Å². The van der Waals surface area contributed by atoms with Gasteiger partial charge in [0.1, 0.15) is 5.69 Å². The van der Waals surface area contributed by atoms with Crippen LogP contribution in [0.2, 0.25) is 0 Å². The molecule has 0 aliphatic rings. The lowest BCUT2D eigenvalue weighted by Gasteiger charge is -2.16. The van der Waals surface area contributed by atoms with E-state index in [-0.39, 0.29) is 27.9 Å². The Bertz CT molecular complexity index is 923. The van der Waals surface area contributed by atoms with Crippen molar-refractivity contribution in [1.29, 1.82) is 0 Å². The van der Waals surface area contributed by atoms with Crippen LogP contribution in [0.15, 0.2) is 47.4 Å². The highest BCUT2D eigenvalue weighted by Crippen LogP contribution is 2.29. The number of nitrogens with zero attached hydrogens (tertiary/aromatic N) is 1. The van der Waals surface area contributed by atoms with Crippen LogP contribution in [0.4, 0.5) is 11.4 Å². The van der Waals surface area contributed by atoms with Gasteiger partial charge in [-0.3, -0.25) is 14.9 Å². The van der Waals surface area contributed by atoms with E-state index in [0.717, 1.165) is 17.9 Å². The second kappa shape index (κ2) is 6.89. The molecule has 0 saturated carbocycles. The fraction of sp³-hybridized carbons (Fsp3) is 0.188. The summed E-state index contributed by atoms with van der Waals surface area (Å²) >= 11 is 0. The van der Waals surface area contributed by atoms with Gasteiger partial charge in [0.2, 0.25) is 5.91 Å². The molecule has 0 saturated heterocycles. The molecule has 1 unspecified atom stereocenters. The Labute approximate surface area is 144 Å². The number of nitro benzene ring substituents is 1. The van der Waals surface area contributed by atoms with E-state index in [1.807, 2.05) is 0 Å². The minimum atomic E-state index is -3.29. The zero-order valence-corrected chi connectivity index (χ0v) is 14.4. The van der Waals surface area contributed by atoms with Crippen LogP contribution in [-0.2, 0) is 9.84 Å². The number of nitrogens with two attached hydrogens (primary N) is 1. The van der Waals surface area contributed by atoms with E-state index < -0.39 is 20.7 Å². The number of hydrogen-bond donors (Lipinski definition) is 2. The molecule has 0 bridgehead atoms. The maximum atomic E-state index is 11.5. The summed E-state index contributed by atoms with van der Waals surface area (Å²) in [5.74, 6) is -0.751. The molecule has 9 heteroatoms. The smallest absolute Gasteiger partial charge is 0.293 e. The topological polar surface area (TPSA) is 132 Å². The Hall–Kier alpha value is -2.94. The van der Waals surface area contributed by atoms with Crippen molar-refractivity contribution < 1.29 is 18.1 Å². The standard InChI is InChI=1S/C16H17N3O5S/c1-10(11-3-6-13(7-4-11)25(2,23)24)18-14-8-5-12(16(17)20)9-15(14)19(21)22/h3-10,18H,1-2H3,(H2,17,20). The second-order valence-electron chi connectivity index (χ2n) is 5.56. The highest BCUT2D eigenvalue weighted by molar-refractivity contribution is 7.90. The molecular weight excluding hydrogens is 346 g/mol. The molecule has 8 nitrogen and oxygen atoms in total. The maximum absolute atomic E-state index is 11.5. The van der Waals surface area contributed by atoms with Crippen LogP contribution in [0.3, 0.4) is 0 Å². The maximum Gasteiger partial charge on any atom is 0.293 e. The molecule has 0 heterocycles. The number of sulfone groups is 1. The summed E-state index contributed by atoms with van der Waals surface area (Å²) in [7, 11) is -3.29. The van der Waals surface area contributed by atoms with Crippen molar-refractivity contribution in [1.82, 2.24) is 0 Å². The van der Waals surface area contributed by atoms with Crippen LogP contribution >= 0.6 is 0 Å². The molecule has 2 aromatic carbocycles. The van der Waals surface area contributed by atoms with Gasteiger partial charge in [0.05, 0.1) is 9.82 Å². The van der Waals surface area contributed by atoms with Crippen molar-refractivity contribution in [2.75, 3.05) is 11.6 Å². The summed E-state index contributed by atoms with van der Waals surface area (Å²) in [4.78, 5) is 22.0. The number of anilines is 1. The van der Waals surface area contributed by atoms with E-state index in [0.29, 0.717) is 0 Å². The normalized spacial score (nSPS) is 12.4.